The second-order valence-electron chi connectivity index (χ2n) is 6.01. The van der Waals surface area contributed by atoms with Crippen LogP contribution in [0.3, 0.4) is 0 Å². The van der Waals surface area contributed by atoms with Gasteiger partial charge in [0.15, 0.2) is 0 Å². The summed E-state index contributed by atoms with van der Waals surface area (Å²) in [5, 5.41) is 2.80. The Labute approximate surface area is 152 Å². The highest BCUT2D eigenvalue weighted by Crippen LogP contribution is 2.33. The molecule has 0 aliphatic rings. The second-order valence-corrected chi connectivity index (χ2v) is 6.01. The Morgan fingerprint density at radius 2 is 1.62 bits per heavy atom. The molecule has 0 aromatic heterocycles. The summed E-state index contributed by atoms with van der Waals surface area (Å²) in [5.74, 6) is -0.317. The maximum atomic E-state index is 11.1. The molecule has 3 aromatic rings. The first-order valence-corrected chi connectivity index (χ1v) is 8.45. The smallest absolute Gasteiger partial charge is 0.217 e. The van der Waals surface area contributed by atoms with Gasteiger partial charge in [0.2, 0.25) is 12.3 Å². The Hall–Kier alpha value is -3.40. The van der Waals surface area contributed by atoms with Gasteiger partial charge in [-0.05, 0) is 34.7 Å². The molecule has 0 spiro atoms. The number of benzene rings is 3. The molecule has 4 heteroatoms. The quantitative estimate of drug-likeness (QED) is 0.636. The first-order valence-electron chi connectivity index (χ1n) is 8.45. The molecule has 130 valence electrons. The number of anilines is 1. The third-order valence-corrected chi connectivity index (χ3v) is 4.29. The average molecular weight is 344 g/mol. The van der Waals surface area contributed by atoms with E-state index in [1.807, 2.05) is 72.8 Å². The highest BCUT2D eigenvalue weighted by molar-refractivity contribution is 5.88. The molecule has 0 heterocycles. The van der Waals surface area contributed by atoms with Crippen molar-refractivity contribution >= 4 is 18.0 Å². The molecule has 0 bridgehead atoms. The number of carbonyl (C=O) groups is 2. The SMILES string of the molecule is NC(=O)CCc1ccccc1-c1ccc(-c2ccccc2)c(NC=O)c1. The lowest BCUT2D eigenvalue weighted by Gasteiger charge is -2.14. The lowest BCUT2D eigenvalue weighted by atomic mass is 9.94. The number of rotatable bonds is 7. The van der Waals surface area contributed by atoms with E-state index in [0.29, 0.717) is 19.3 Å². The van der Waals surface area contributed by atoms with Gasteiger partial charge in [-0.2, -0.15) is 0 Å². The Morgan fingerprint density at radius 1 is 0.885 bits per heavy atom. The van der Waals surface area contributed by atoms with Crippen LogP contribution < -0.4 is 11.1 Å². The normalized spacial score (nSPS) is 10.3. The third-order valence-electron chi connectivity index (χ3n) is 4.29. The zero-order valence-electron chi connectivity index (χ0n) is 14.3. The van der Waals surface area contributed by atoms with E-state index < -0.39 is 0 Å². The summed E-state index contributed by atoms with van der Waals surface area (Å²) in [4.78, 5) is 22.2. The Balaban J connectivity index is 2.03. The summed E-state index contributed by atoms with van der Waals surface area (Å²) in [6, 6.07) is 23.8. The average Bonchev–Trinajstić information content (AvgIpc) is 2.67. The minimum atomic E-state index is -0.317. The number of nitrogens with one attached hydrogen (secondary N) is 1. The van der Waals surface area contributed by atoms with Crippen molar-refractivity contribution in [2.24, 2.45) is 5.73 Å². The van der Waals surface area contributed by atoms with Crippen LogP contribution in [0.1, 0.15) is 12.0 Å². The molecular weight excluding hydrogens is 324 g/mol. The van der Waals surface area contributed by atoms with E-state index in [0.717, 1.165) is 33.5 Å². The fourth-order valence-electron chi connectivity index (χ4n) is 3.04. The van der Waals surface area contributed by atoms with Crippen molar-refractivity contribution in [2.45, 2.75) is 12.8 Å². The Kier molecular flexibility index (Phi) is 5.44. The molecule has 0 fully saturated rings. The molecule has 3 aromatic carbocycles. The van der Waals surface area contributed by atoms with Gasteiger partial charge in [0.05, 0.1) is 0 Å². The highest BCUT2D eigenvalue weighted by Gasteiger charge is 2.10. The van der Waals surface area contributed by atoms with Gasteiger partial charge >= 0.3 is 0 Å². The lowest BCUT2D eigenvalue weighted by molar-refractivity contribution is -0.118. The number of carbonyl (C=O) groups excluding carboxylic acids is 2. The van der Waals surface area contributed by atoms with Crippen LogP contribution in [0.5, 0.6) is 0 Å². The molecule has 2 amide bonds. The van der Waals surface area contributed by atoms with Gasteiger partial charge in [0.25, 0.3) is 0 Å². The number of hydrogen-bond donors (Lipinski definition) is 2. The number of amides is 2. The first-order chi connectivity index (χ1) is 12.7. The van der Waals surface area contributed by atoms with Gasteiger partial charge in [0.1, 0.15) is 0 Å². The number of hydrogen-bond acceptors (Lipinski definition) is 2. The zero-order valence-corrected chi connectivity index (χ0v) is 14.3. The monoisotopic (exact) mass is 344 g/mol. The Bertz CT molecular complexity index is 920. The molecule has 0 aliphatic carbocycles. The van der Waals surface area contributed by atoms with E-state index in [1.54, 1.807) is 0 Å². The predicted molar refractivity (Wildman–Crippen MR) is 105 cm³/mol. The molecule has 0 unspecified atom stereocenters. The highest BCUT2D eigenvalue weighted by atomic mass is 16.1. The Morgan fingerprint density at radius 3 is 2.35 bits per heavy atom. The van der Waals surface area contributed by atoms with Crippen LogP contribution >= 0.6 is 0 Å². The van der Waals surface area contributed by atoms with Crippen LogP contribution in [0, 0.1) is 0 Å². The third kappa shape index (κ3) is 3.98. The summed E-state index contributed by atoms with van der Waals surface area (Å²) < 4.78 is 0. The molecule has 26 heavy (non-hydrogen) atoms. The summed E-state index contributed by atoms with van der Waals surface area (Å²) in [7, 11) is 0. The van der Waals surface area contributed by atoms with Gasteiger partial charge in [-0.1, -0.05) is 66.7 Å². The number of nitrogens with two attached hydrogens (primary N) is 1. The maximum absolute atomic E-state index is 11.1. The minimum Gasteiger partial charge on any atom is -0.370 e. The van der Waals surface area contributed by atoms with Crippen LogP contribution in [0.2, 0.25) is 0 Å². The van der Waals surface area contributed by atoms with Crippen LogP contribution in [-0.2, 0) is 16.0 Å². The molecule has 3 rings (SSSR count). The fourth-order valence-corrected chi connectivity index (χ4v) is 3.04. The minimum absolute atomic E-state index is 0.304. The van der Waals surface area contributed by atoms with Crippen molar-refractivity contribution < 1.29 is 9.59 Å². The topological polar surface area (TPSA) is 72.2 Å². The van der Waals surface area contributed by atoms with Gasteiger partial charge in [-0.15, -0.1) is 0 Å². The van der Waals surface area contributed by atoms with E-state index in [4.69, 9.17) is 5.73 Å². The summed E-state index contributed by atoms with van der Waals surface area (Å²) in [6.07, 6.45) is 1.57. The van der Waals surface area contributed by atoms with Gasteiger partial charge in [0, 0.05) is 17.7 Å². The molecule has 4 nitrogen and oxygen atoms in total. The zero-order chi connectivity index (χ0) is 18.4. The second kappa shape index (κ2) is 8.12. The van der Waals surface area contributed by atoms with Crippen molar-refractivity contribution in [3.8, 4) is 22.3 Å². The van der Waals surface area contributed by atoms with Crippen LogP contribution in [-0.4, -0.2) is 12.3 Å². The predicted octanol–water partition coefficient (Wildman–Crippen LogP) is 4.01. The summed E-state index contributed by atoms with van der Waals surface area (Å²) in [5.41, 5.74) is 11.1. The molecule has 0 radical (unpaired) electrons. The van der Waals surface area contributed by atoms with Crippen LogP contribution in [0.15, 0.2) is 72.8 Å². The van der Waals surface area contributed by atoms with Crippen molar-refractivity contribution in [1.29, 1.82) is 0 Å². The molecule has 0 atom stereocenters. The van der Waals surface area contributed by atoms with Gasteiger partial charge in [-0.25, -0.2) is 0 Å². The molecule has 3 N–H and O–H groups in total. The fraction of sp³-hybridized carbons (Fsp3) is 0.0909. The summed E-state index contributed by atoms with van der Waals surface area (Å²) in [6.45, 7) is 0. The van der Waals surface area contributed by atoms with E-state index in [-0.39, 0.29) is 5.91 Å². The van der Waals surface area contributed by atoms with Crippen LogP contribution in [0.25, 0.3) is 22.3 Å². The molecule has 0 saturated carbocycles. The van der Waals surface area contributed by atoms with Gasteiger partial charge < -0.3 is 11.1 Å². The lowest BCUT2D eigenvalue weighted by Crippen LogP contribution is -2.11. The van der Waals surface area contributed by atoms with Crippen molar-refractivity contribution in [3.63, 3.8) is 0 Å². The largest absolute Gasteiger partial charge is 0.370 e. The standard InChI is InChI=1S/C22H20N2O2/c23-22(26)13-11-17-8-4-5-9-19(17)18-10-12-20(21(14-18)24-15-25)16-6-2-1-3-7-16/h1-10,12,14-15H,11,13H2,(H2,23,26)(H,24,25). The van der Waals surface area contributed by atoms with E-state index in [1.165, 1.54) is 0 Å². The van der Waals surface area contributed by atoms with Crippen molar-refractivity contribution in [3.05, 3.63) is 78.4 Å². The van der Waals surface area contributed by atoms with E-state index in [9.17, 15) is 9.59 Å². The maximum Gasteiger partial charge on any atom is 0.217 e. The first kappa shape index (κ1) is 17.4. The van der Waals surface area contributed by atoms with Crippen molar-refractivity contribution in [1.82, 2.24) is 0 Å². The van der Waals surface area contributed by atoms with Crippen LogP contribution in [0.4, 0.5) is 5.69 Å². The summed E-state index contributed by atoms with van der Waals surface area (Å²) >= 11 is 0. The number of primary amides is 1. The molecule has 0 aliphatic heterocycles. The van der Waals surface area contributed by atoms with E-state index in [2.05, 4.69) is 5.32 Å². The van der Waals surface area contributed by atoms with Gasteiger partial charge in [-0.3, -0.25) is 9.59 Å². The molecular formula is C22H20N2O2. The van der Waals surface area contributed by atoms with Crippen molar-refractivity contribution in [2.75, 3.05) is 5.32 Å². The molecule has 0 saturated heterocycles. The van der Waals surface area contributed by atoms with E-state index >= 15 is 0 Å². The number of aryl methyl sites for hydroxylation is 1.